The van der Waals surface area contributed by atoms with E-state index in [1.54, 1.807) is 23.5 Å². The van der Waals surface area contributed by atoms with Crippen molar-refractivity contribution in [3.63, 3.8) is 0 Å². The highest BCUT2D eigenvalue weighted by atomic mass is 32.1. The molecule has 3 aromatic rings. The van der Waals surface area contributed by atoms with E-state index < -0.39 is 0 Å². The van der Waals surface area contributed by atoms with Crippen LogP contribution in [0.2, 0.25) is 0 Å². The van der Waals surface area contributed by atoms with Crippen LogP contribution in [-0.2, 0) is 24.4 Å². The van der Waals surface area contributed by atoms with E-state index in [9.17, 15) is 4.39 Å². The zero-order valence-electron chi connectivity index (χ0n) is 14.4. The van der Waals surface area contributed by atoms with Gasteiger partial charge in [-0.1, -0.05) is 18.2 Å². The number of rotatable bonds is 3. The van der Waals surface area contributed by atoms with Gasteiger partial charge in [0.05, 0.1) is 23.3 Å². The fourth-order valence-corrected chi connectivity index (χ4v) is 4.83. The van der Waals surface area contributed by atoms with E-state index in [1.165, 1.54) is 16.6 Å². The third-order valence-electron chi connectivity index (χ3n) is 5.36. The van der Waals surface area contributed by atoms with E-state index in [-0.39, 0.29) is 11.4 Å². The van der Waals surface area contributed by atoms with Crippen LogP contribution in [0.4, 0.5) is 4.39 Å². The van der Waals surface area contributed by atoms with Crippen molar-refractivity contribution in [3.8, 4) is 10.6 Å². The van der Waals surface area contributed by atoms with Gasteiger partial charge in [0, 0.05) is 19.6 Å². The first-order chi connectivity index (χ1) is 12.7. The minimum atomic E-state index is -0.174. The normalized spacial score (nSPS) is 22.8. The minimum absolute atomic E-state index is 0.172. The number of hydrogen-bond acceptors (Lipinski definition) is 4. The predicted molar refractivity (Wildman–Crippen MR) is 99.4 cm³/mol. The van der Waals surface area contributed by atoms with Gasteiger partial charge in [-0.3, -0.25) is 4.90 Å². The summed E-state index contributed by atoms with van der Waals surface area (Å²) in [5, 5.41) is 2.10. The number of benzene rings is 1. The number of ether oxygens (including phenoxy) is 1. The average Bonchev–Trinajstić information content (AvgIpc) is 3.35. The summed E-state index contributed by atoms with van der Waals surface area (Å²) in [4.78, 5) is 8.16. The Hall–Kier alpha value is -2.02. The van der Waals surface area contributed by atoms with Gasteiger partial charge in [0.15, 0.2) is 0 Å². The molecule has 0 aliphatic carbocycles. The van der Waals surface area contributed by atoms with Gasteiger partial charge in [-0.05, 0) is 35.6 Å². The highest BCUT2D eigenvalue weighted by Crippen LogP contribution is 2.36. The maximum Gasteiger partial charge on any atom is 0.135 e. The van der Waals surface area contributed by atoms with Crippen LogP contribution in [0.5, 0.6) is 0 Å². The number of nitrogens with zero attached hydrogens (tertiary/aromatic N) is 3. The molecule has 134 valence electrons. The molecule has 0 saturated carbocycles. The van der Waals surface area contributed by atoms with E-state index in [1.807, 2.05) is 12.3 Å². The Morgan fingerprint density at radius 3 is 3.04 bits per heavy atom. The summed E-state index contributed by atoms with van der Waals surface area (Å²) in [5.41, 5.74) is 2.02. The lowest BCUT2D eigenvalue weighted by molar-refractivity contribution is -0.0821. The van der Waals surface area contributed by atoms with Gasteiger partial charge in [0.2, 0.25) is 0 Å². The highest BCUT2D eigenvalue weighted by Gasteiger charge is 2.43. The van der Waals surface area contributed by atoms with Crippen LogP contribution < -0.4 is 0 Å². The Morgan fingerprint density at radius 1 is 1.23 bits per heavy atom. The van der Waals surface area contributed by atoms with Crippen LogP contribution >= 0.6 is 11.3 Å². The van der Waals surface area contributed by atoms with Crippen molar-refractivity contribution >= 4 is 11.3 Å². The first kappa shape index (κ1) is 16.2. The second-order valence-electron chi connectivity index (χ2n) is 7.19. The van der Waals surface area contributed by atoms with Crippen LogP contribution in [0.25, 0.3) is 10.6 Å². The SMILES string of the molecule is Fc1cccc(CN2CC[C@]3(C2)Cn2c(-c4cccs4)cnc2CO3)c1. The van der Waals surface area contributed by atoms with Crippen LogP contribution in [0.15, 0.2) is 48.0 Å². The molecule has 0 radical (unpaired) electrons. The van der Waals surface area contributed by atoms with E-state index in [2.05, 4.69) is 32.0 Å². The van der Waals surface area contributed by atoms with Gasteiger partial charge in [0.25, 0.3) is 0 Å². The van der Waals surface area contributed by atoms with Crippen molar-refractivity contribution in [1.29, 1.82) is 0 Å². The molecule has 5 rings (SSSR count). The van der Waals surface area contributed by atoms with Crippen molar-refractivity contribution in [2.24, 2.45) is 0 Å². The molecule has 2 aliphatic rings. The highest BCUT2D eigenvalue weighted by molar-refractivity contribution is 7.13. The van der Waals surface area contributed by atoms with Crippen molar-refractivity contribution in [2.45, 2.75) is 31.7 Å². The summed E-state index contributed by atoms with van der Waals surface area (Å²) in [5.74, 6) is 0.830. The zero-order valence-corrected chi connectivity index (χ0v) is 15.2. The number of aromatic nitrogens is 2. The molecule has 0 bridgehead atoms. The zero-order chi connectivity index (χ0) is 17.6. The van der Waals surface area contributed by atoms with Gasteiger partial charge >= 0.3 is 0 Å². The number of imidazole rings is 1. The Labute approximate surface area is 155 Å². The van der Waals surface area contributed by atoms with E-state index in [0.717, 1.165) is 44.0 Å². The summed E-state index contributed by atoms with van der Waals surface area (Å²) in [7, 11) is 0. The lowest BCUT2D eigenvalue weighted by atomic mass is 10.0. The molecule has 4 heterocycles. The molecule has 1 spiro atoms. The van der Waals surface area contributed by atoms with Gasteiger partial charge < -0.3 is 9.30 Å². The Bertz CT molecular complexity index is 923. The second kappa shape index (κ2) is 6.30. The van der Waals surface area contributed by atoms with Crippen LogP contribution in [-0.4, -0.2) is 33.1 Å². The van der Waals surface area contributed by atoms with Gasteiger partial charge in [0.1, 0.15) is 23.8 Å². The quantitative estimate of drug-likeness (QED) is 0.701. The predicted octanol–water partition coefficient (Wildman–Crippen LogP) is 3.93. The number of hydrogen-bond donors (Lipinski definition) is 0. The van der Waals surface area contributed by atoms with Gasteiger partial charge in [-0.15, -0.1) is 11.3 Å². The monoisotopic (exact) mass is 369 g/mol. The molecule has 0 N–H and O–H groups in total. The summed E-state index contributed by atoms with van der Waals surface area (Å²) in [6, 6.07) is 11.1. The molecule has 6 heteroatoms. The first-order valence-electron chi connectivity index (χ1n) is 8.90. The van der Waals surface area contributed by atoms with E-state index >= 15 is 0 Å². The molecule has 1 saturated heterocycles. The molecule has 0 unspecified atom stereocenters. The molecule has 1 aromatic carbocycles. The van der Waals surface area contributed by atoms with Crippen molar-refractivity contribution in [3.05, 3.63) is 65.2 Å². The van der Waals surface area contributed by atoms with Crippen LogP contribution in [0.1, 0.15) is 17.8 Å². The van der Waals surface area contributed by atoms with E-state index in [0.29, 0.717) is 6.61 Å². The molecule has 26 heavy (non-hydrogen) atoms. The first-order valence-corrected chi connectivity index (χ1v) is 9.78. The number of halogens is 1. The molecule has 1 fully saturated rings. The topological polar surface area (TPSA) is 30.3 Å². The largest absolute Gasteiger partial charge is 0.364 e. The lowest BCUT2D eigenvalue weighted by Gasteiger charge is -2.35. The fourth-order valence-electron chi connectivity index (χ4n) is 4.08. The van der Waals surface area contributed by atoms with Gasteiger partial charge in [-0.2, -0.15) is 0 Å². The number of thiophene rings is 1. The molecular formula is C20H20FN3OS. The summed E-state index contributed by atoms with van der Waals surface area (Å²) in [6.45, 7) is 3.98. The number of fused-ring (bicyclic) bond motifs is 1. The third kappa shape index (κ3) is 2.88. The maximum absolute atomic E-state index is 13.4. The molecule has 4 nitrogen and oxygen atoms in total. The molecule has 1 atom stereocenters. The number of likely N-dealkylation sites (tertiary alicyclic amines) is 1. The minimum Gasteiger partial charge on any atom is -0.364 e. The van der Waals surface area contributed by atoms with Crippen molar-refractivity contribution in [1.82, 2.24) is 14.5 Å². The van der Waals surface area contributed by atoms with E-state index in [4.69, 9.17) is 4.74 Å². The lowest BCUT2D eigenvalue weighted by Crippen LogP contribution is -2.44. The molecule has 2 aliphatic heterocycles. The summed E-state index contributed by atoms with van der Waals surface area (Å²) >= 11 is 1.74. The second-order valence-corrected chi connectivity index (χ2v) is 8.13. The molecule has 0 amide bonds. The smallest absolute Gasteiger partial charge is 0.135 e. The van der Waals surface area contributed by atoms with Gasteiger partial charge in [-0.25, -0.2) is 9.37 Å². The Morgan fingerprint density at radius 2 is 2.19 bits per heavy atom. The third-order valence-corrected chi connectivity index (χ3v) is 6.25. The van der Waals surface area contributed by atoms with Crippen LogP contribution in [0, 0.1) is 5.82 Å². The average molecular weight is 369 g/mol. The maximum atomic E-state index is 13.4. The fraction of sp³-hybridized carbons (Fsp3) is 0.350. The molecule has 2 aromatic heterocycles. The standard InChI is InChI=1S/C20H20FN3OS/c21-16-4-1-3-15(9-16)11-23-7-6-20(13-23)14-24-17(18-5-2-8-26-18)10-22-19(24)12-25-20/h1-5,8-10H,6-7,11-14H2/t20-/m0/s1. The summed E-state index contributed by atoms with van der Waals surface area (Å²) in [6.07, 6.45) is 2.95. The molecular weight excluding hydrogens is 349 g/mol. The van der Waals surface area contributed by atoms with Crippen LogP contribution in [0.3, 0.4) is 0 Å². The van der Waals surface area contributed by atoms with Crippen molar-refractivity contribution in [2.75, 3.05) is 13.1 Å². The Kier molecular flexibility index (Phi) is 3.92. The van der Waals surface area contributed by atoms with Crippen molar-refractivity contribution < 1.29 is 9.13 Å². The Balaban J connectivity index is 1.35. The summed E-state index contributed by atoms with van der Waals surface area (Å²) < 4.78 is 22.0.